The average Bonchev–Trinajstić information content (AvgIpc) is 3.35. The highest BCUT2D eigenvalue weighted by molar-refractivity contribution is 5.93. The summed E-state index contributed by atoms with van der Waals surface area (Å²) in [6, 6.07) is 10.3. The summed E-state index contributed by atoms with van der Waals surface area (Å²) in [5.74, 6) is -4.14. The number of Topliss-reactive ketones (excluding diaryl/α,β-unsaturated/α-hetero) is 1. The van der Waals surface area contributed by atoms with E-state index >= 15 is 0 Å². The van der Waals surface area contributed by atoms with Crippen molar-refractivity contribution < 1.29 is 43.5 Å². The maximum absolute atomic E-state index is 14.9. The Hall–Kier alpha value is -2.85. The van der Waals surface area contributed by atoms with Crippen molar-refractivity contribution in [2.24, 2.45) is 50.7 Å². The molecule has 5 aliphatic carbocycles. The minimum Gasteiger partial charge on any atom is -0.457 e. The number of fused-ring (bicyclic) bond motifs is 5. The number of carbonyl (C=O) groups is 3. The first-order chi connectivity index (χ1) is 23.1. The van der Waals surface area contributed by atoms with E-state index in [1.807, 2.05) is 18.2 Å². The molecule has 1 spiro atoms. The molecule has 0 aromatic heterocycles. The molecule has 262 valence electrons. The number of carbonyl (C=O) groups excluding carboxylic acids is 3. The number of ketones is 1. The monoisotopic (exact) mass is 672 g/mol. The molecule has 3 saturated carbocycles. The Morgan fingerprint density at radius 2 is 1.78 bits per heavy atom. The van der Waals surface area contributed by atoms with Crippen LogP contribution in [0, 0.1) is 50.7 Å². The quantitative estimate of drug-likeness (QED) is 0.337. The van der Waals surface area contributed by atoms with Gasteiger partial charge in [0.15, 0.2) is 5.78 Å². The first-order valence-corrected chi connectivity index (χ1v) is 18.1. The number of aliphatic hydroxyl groups excluding tert-OH is 2. The number of rotatable bonds is 3. The summed E-state index contributed by atoms with van der Waals surface area (Å²) < 4.78 is 23.9. The Kier molecular flexibility index (Phi) is 6.36. The highest BCUT2D eigenvalue weighted by Gasteiger charge is 2.87. The summed E-state index contributed by atoms with van der Waals surface area (Å²) in [6.45, 7) is 10.0. The van der Waals surface area contributed by atoms with E-state index in [-0.39, 0.29) is 42.7 Å². The lowest BCUT2D eigenvalue weighted by Gasteiger charge is -2.66. The molecule has 1 aromatic carbocycles. The summed E-state index contributed by atoms with van der Waals surface area (Å²) in [5, 5.41) is 24.1. The van der Waals surface area contributed by atoms with Crippen LogP contribution in [0.3, 0.4) is 0 Å². The third kappa shape index (κ3) is 3.73. The molecule has 14 atom stereocenters. The molecular weight excluding hydrogens is 624 g/mol. The first kappa shape index (κ1) is 32.1. The minimum absolute atomic E-state index is 0.0161. The van der Waals surface area contributed by atoms with Crippen LogP contribution in [-0.2, 0) is 33.3 Å². The number of benzene rings is 1. The van der Waals surface area contributed by atoms with Gasteiger partial charge in [0.1, 0.15) is 17.8 Å². The van der Waals surface area contributed by atoms with Crippen LogP contribution in [0.2, 0.25) is 0 Å². The van der Waals surface area contributed by atoms with Gasteiger partial charge in [0.2, 0.25) is 5.79 Å². The molecular formula is C40H48O9. The second kappa shape index (κ2) is 9.72. The van der Waals surface area contributed by atoms with E-state index in [9.17, 15) is 24.6 Å². The third-order valence-electron chi connectivity index (χ3n) is 15.4. The van der Waals surface area contributed by atoms with E-state index in [1.165, 1.54) is 12.5 Å². The van der Waals surface area contributed by atoms with E-state index in [1.54, 1.807) is 6.92 Å². The van der Waals surface area contributed by atoms with E-state index in [0.717, 1.165) is 31.2 Å². The van der Waals surface area contributed by atoms with Crippen molar-refractivity contribution in [1.29, 1.82) is 0 Å². The molecule has 9 nitrogen and oxygen atoms in total. The molecule has 0 radical (unpaired) electrons. The molecule has 0 amide bonds. The zero-order chi connectivity index (χ0) is 34.6. The highest BCUT2D eigenvalue weighted by Crippen LogP contribution is 2.89. The maximum Gasteiger partial charge on any atom is 0.314 e. The molecule has 0 unspecified atom stereocenters. The van der Waals surface area contributed by atoms with Gasteiger partial charge in [0, 0.05) is 23.7 Å². The van der Waals surface area contributed by atoms with Crippen molar-refractivity contribution in [2.45, 2.75) is 103 Å². The second-order valence-corrected chi connectivity index (χ2v) is 17.8. The number of allylic oxidation sites excluding steroid dienone is 3. The Bertz CT molecular complexity index is 1720. The molecule has 3 saturated heterocycles. The molecule has 8 aliphatic rings. The van der Waals surface area contributed by atoms with Crippen molar-refractivity contribution in [1.82, 2.24) is 0 Å². The summed E-state index contributed by atoms with van der Waals surface area (Å²) in [6.07, 6.45) is 8.12. The second-order valence-electron chi connectivity index (χ2n) is 17.8. The largest absolute Gasteiger partial charge is 0.457 e. The van der Waals surface area contributed by atoms with Gasteiger partial charge in [-0.2, -0.15) is 0 Å². The minimum atomic E-state index is -1.58. The SMILES string of the molecule is CC(=O)O[C@@]1(C)CO[C@@]2(C1)OC(=O)[C@H]([C@@H]1CC[C@]34C[C@]13C=C[C@@H]1[C@@]3(C)CC=C5C[C@@H](c6ccccc6)OC[C@]5(C)[C@@H]3[C@@H](O)C(=O)[C@]14C)[C@H]2O. The summed E-state index contributed by atoms with van der Waals surface area (Å²) in [4.78, 5) is 40.4. The van der Waals surface area contributed by atoms with Crippen molar-refractivity contribution in [3.05, 3.63) is 59.7 Å². The lowest BCUT2D eigenvalue weighted by atomic mass is 9.38. The summed E-state index contributed by atoms with van der Waals surface area (Å²) in [5.41, 5.74) is -1.22. The van der Waals surface area contributed by atoms with E-state index < -0.39 is 68.5 Å². The topological polar surface area (TPSA) is 129 Å². The van der Waals surface area contributed by atoms with Gasteiger partial charge in [-0.3, -0.25) is 14.4 Å². The number of ether oxygens (including phenoxy) is 4. The fraction of sp³-hybridized carbons (Fsp3) is 0.675. The van der Waals surface area contributed by atoms with Gasteiger partial charge >= 0.3 is 11.9 Å². The predicted octanol–water partition coefficient (Wildman–Crippen LogP) is 5.00. The van der Waals surface area contributed by atoms with Gasteiger partial charge in [0.25, 0.3) is 0 Å². The predicted molar refractivity (Wildman–Crippen MR) is 175 cm³/mol. The molecule has 1 aromatic rings. The number of aliphatic hydroxyl groups is 2. The van der Waals surface area contributed by atoms with E-state index in [0.29, 0.717) is 13.0 Å². The average molecular weight is 673 g/mol. The van der Waals surface area contributed by atoms with Crippen LogP contribution in [-0.4, -0.2) is 64.7 Å². The molecule has 0 bridgehead atoms. The van der Waals surface area contributed by atoms with Crippen molar-refractivity contribution in [3.63, 3.8) is 0 Å². The summed E-state index contributed by atoms with van der Waals surface area (Å²) in [7, 11) is 0. The van der Waals surface area contributed by atoms with Gasteiger partial charge < -0.3 is 29.2 Å². The van der Waals surface area contributed by atoms with Crippen LogP contribution >= 0.6 is 0 Å². The van der Waals surface area contributed by atoms with Crippen LogP contribution in [0.1, 0.15) is 84.8 Å². The van der Waals surface area contributed by atoms with Crippen molar-refractivity contribution in [2.75, 3.05) is 13.2 Å². The molecule has 2 N–H and O–H groups in total. The highest BCUT2D eigenvalue weighted by atomic mass is 16.8. The van der Waals surface area contributed by atoms with Gasteiger partial charge in [0.05, 0.1) is 31.7 Å². The maximum atomic E-state index is 14.9. The molecule has 49 heavy (non-hydrogen) atoms. The van der Waals surface area contributed by atoms with Crippen molar-refractivity contribution in [3.8, 4) is 0 Å². The van der Waals surface area contributed by atoms with Crippen LogP contribution in [0.5, 0.6) is 0 Å². The lowest BCUT2D eigenvalue weighted by molar-refractivity contribution is -0.220. The Balaban J connectivity index is 1.04. The van der Waals surface area contributed by atoms with Crippen LogP contribution in [0.25, 0.3) is 0 Å². The summed E-state index contributed by atoms with van der Waals surface area (Å²) >= 11 is 0. The Morgan fingerprint density at radius 1 is 1.02 bits per heavy atom. The molecule has 6 fully saturated rings. The number of esters is 2. The number of hydrogen-bond acceptors (Lipinski definition) is 9. The zero-order valence-electron chi connectivity index (χ0n) is 29.1. The van der Waals surface area contributed by atoms with Gasteiger partial charge in [-0.15, -0.1) is 0 Å². The Morgan fingerprint density at radius 3 is 2.51 bits per heavy atom. The fourth-order valence-corrected chi connectivity index (χ4v) is 13.4. The van der Waals surface area contributed by atoms with E-state index in [4.69, 9.17) is 18.9 Å². The first-order valence-electron chi connectivity index (χ1n) is 18.1. The van der Waals surface area contributed by atoms with E-state index in [2.05, 4.69) is 51.1 Å². The van der Waals surface area contributed by atoms with Crippen LogP contribution < -0.4 is 0 Å². The van der Waals surface area contributed by atoms with Crippen LogP contribution in [0.4, 0.5) is 0 Å². The van der Waals surface area contributed by atoms with Gasteiger partial charge in [-0.25, -0.2) is 0 Å². The van der Waals surface area contributed by atoms with Gasteiger partial charge in [-0.05, 0) is 72.7 Å². The van der Waals surface area contributed by atoms with Crippen molar-refractivity contribution >= 4 is 17.7 Å². The normalized spacial score (nSPS) is 53.5. The van der Waals surface area contributed by atoms with Crippen LogP contribution in [0.15, 0.2) is 54.1 Å². The molecule has 3 heterocycles. The molecule has 9 rings (SSSR count). The molecule has 3 aliphatic heterocycles. The third-order valence-corrected chi connectivity index (χ3v) is 15.4. The smallest absolute Gasteiger partial charge is 0.314 e. The lowest BCUT2D eigenvalue weighted by Crippen LogP contribution is -2.68. The number of hydrogen-bond donors (Lipinski definition) is 2. The van der Waals surface area contributed by atoms with Gasteiger partial charge in [-0.1, -0.05) is 74.9 Å². The standard InChI is InChI=1S/C40H48O9/c1-22(41)48-34(2)18-40(47-20-34)31(43)28(33(45)49-40)25-12-16-39-19-38(25,39)15-13-27-35(3)14-11-24-17-26(23-9-7-6-8-10-23)46-21-36(24,4)30(35)29(42)32(44)37(27,39)5/h6-11,13,15,25-31,42-43H,12,14,16-21H2,1-5H3/t25-,26-,27+,28+,29+,30+,31+,34+,35+,36-,37-,38+,39+,40-/m0/s1. The zero-order valence-corrected chi connectivity index (χ0v) is 29.1. The Labute approximate surface area is 287 Å². The fourth-order valence-electron chi connectivity index (χ4n) is 13.4. The molecule has 9 heteroatoms.